The molecule has 0 aliphatic carbocycles. The number of rotatable bonds is 5. The number of hydrogen-bond acceptors (Lipinski definition) is 1. The zero-order valence-electron chi connectivity index (χ0n) is 7.78. The fourth-order valence-corrected chi connectivity index (χ4v) is 3.84. The highest BCUT2D eigenvalue weighted by molar-refractivity contribution is 14.1. The fourth-order valence-electron chi connectivity index (χ4n) is 1.29. The lowest BCUT2D eigenvalue weighted by Crippen LogP contribution is -1.84. The summed E-state index contributed by atoms with van der Waals surface area (Å²) in [5.74, 6) is 0. The predicted octanol–water partition coefficient (Wildman–Crippen LogP) is 5.13. The van der Waals surface area contributed by atoms with Crippen molar-refractivity contribution in [3.63, 3.8) is 0 Å². The van der Waals surface area contributed by atoms with E-state index < -0.39 is 0 Å². The van der Waals surface area contributed by atoms with E-state index in [0.29, 0.717) is 0 Å². The third-order valence-corrected chi connectivity index (χ3v) is 4.48. The maximum atomic E-state index is 5.92. The van der Waals surface area contributed by atoms with Crippen LogP contribution in [-0.4, -0.2) is 0 Å². The first-order chi connectivity index (χ1) is 6.24. The van der Waals surface area contributed by atoms with Gasteiger partial charge in [-0.1, -0.05) is 37.8 Å². The molecule has 3 heteroatoms. The van der Waals surface area contributed by atoms with Crippen LogP contribution in [0.5, 0.6) is 0 Å². The molecule has 1 heterocycles. The average molecular weight is 329 g/mol. The predicted molar refractivity (Wildman–Crippen MR) is 69.9 cm³/mol. The van der Waals surface area contributed by atoms with Crippen LogP contribution in [0.15, 0.2) is 6.07 Å². The fraction of sp³-hybridized carbons (Fsp3) is 0.600. The van der Waals surface area contributed by atoms with Crippen molar-refractivity contribution in [3.05, 3.63) is 18.9 Å². The van der Waals surface area contributed by atoms with Gasteiger partial charge in [0, 0.05) is 0 Å². The van der Waals surface area contributed by atoms with Gasteiger partial charge in [0.25, 0.3) is 0 Å². The van der Waals surface area contributed by atoms with Crippen molar-refractivity contribution < 1.29 is 0 Å². The van der Waals surface area contributed by atoms with E-state index in [9.17, 15) is 0 Å². The van der Waals surface area contributed by atoms with E-state index in [1.54, 1.807) is 11.3 Å². The van der Waals surface area contributed by atoms with Gasteiger partial charge in [-0.15, -0.1) is 11.3 Å². The summed E-state index contributed by atoms with van der Waals surface area (Å²) in [5.41, 5.74) is 1.44. The molecule has 0 fully saturated rings. The quantitative estimate of drug-likeness (QED) is 0.519. The Hall–Kier alpha value is 0.720. The van der Waals surface area contributed by atoms with Crippen LogP contribution in [0, 0.1) is 2.88 Å². The first kappa shape index (κ1) is 11.8. The van der Waals surface area contributed by atoms with Gasteiger partial charge >= 0.3 is 0 Å². The molecule has 0 aliphatic rings. The van der Waals surface area contributed by atoms with Gasteiger partial charge in [-0.25, -0.2) is 0 Å². The van der Waals surface area contributed by atoms with Crippen molar-refractivity contribution in [1.29, 1.82) is 0 Å². The summed E-state index contributed by atoms with van der Waals surface area (Å²) in [4.78, 5) is 0. The van der Waals surface area contributed by atoms with E-state index >= 15 is 0 Å². The smallest absolute Gasteiger partial charge is 0.0942 e. The third-order valence-electron chi connectivity index (χ3n) is 2.03. The SMILES string of the molecule is CCCCCCc1cc(Cl)sc1I. The van der Waals surface area contributed by atoms with E-state index in [0.717, 1.165) is 4.34 Å². The molecule has 0 aliphatic heterocycles. The minimum absolute atomic E-state index is 0.926. The Labute approximate surface area is 103 Å². The van der Waals surface area contributed by atoms with Crippen molar-refractivity contribution in [1.82, 2.24) is 0 Å². The van der Waals surface area contributed by atoms with Crippen LogP contribution in [0.25, 0.3) is 0 Å². The van der Waals surface area contributed by atoms with Crippen molar-refractivity contribution >= 4 is 45.5 Å². The Kier molecular flexibility index (Phi) is 5.67. The molecule has 1 rings (SSSR count). The molecule has 0 amide bonds. The molecule has 0 saturated carbocycles. The minimum atomic E-state index is 0.926. The molecule has 0 atom stereocenters. The van der Waals surface area contributed by atoms with Crippen molar-refractivity contribution in [3.8, 4) is 0 Å². The normalized spacial score (nSPS) is 10.7. The summed E-state index contributed by atoms with van der Waals surface area (Å²) < 4.78 is 2.29. The van der Waals surface area contributed by atoms with Crippen LogP contribution >= 0.6 is 45.5 Å². The highest BCUT2D eigenvalue weighted by Gasteiger charge is 2.04. The van der Waals surface area contributed by atoms with Gasteiger partial charge in [-0.05, 0) is 47.1 Å². The van der Waals surface area contributed by atoms with Crippen molar-refractivity contribution in [2.24, 2.45) is 0 Å². The zero-order chi connectivity index (χ0) is 9.68. The van der Waals surface area contributed by atoms with Crippen LogP contribution < -0.4 is 0 Å². The Balaban J connectivity index is 2.32. The number of halogens is 2. The lowest BCUT2D eigenvalue weighted by molar-refractivity contribution is 0.667. The average Bonchev–Trinajstić information content (AvgIpc) is 2.39. The summed E-state index contributed by atoms with van der Waals surface area (Å²) in [7, 11) is 0. The Morgan fingerprint density at radius 3 is 2.69 bits per heavy atom. The van der Waals surface area contributed by atoms with E-state index in [4.69, 9.17) is 11.6 Å². The Morgan fingerprint density at radius 2 is 2.15 bits per heavy atom. The lowest BCUT2D eigenvalue weighted by Gasteiger charge is -1.98. The maximum Gasteiger partial charge on any atom is 0.0942 e. The number of hydrogen-bond donors (Lipinski definition) is 0. The number of unbranched alkanes of at least 4 members (excludes halogenated alkanes) is 3. The van der Waals surface area contributed by atoms with Crippen molar-refractivity contribution in [2.75, 3.05) is 0 Å². The Morgan fingerprint density at radius 1 is 1.38 bits per heavy atom. The second-order valence-electron chi connectivity index (χ2n) is 3.16. The number of thiophene rings is 1. The summed E-state index contributed by atoms with van der Waals surface area (Å²) >= 11 is 9.98. The highest BCUT2D eigenvalue weighted by Crippen LogP contribution is 2.29. The van der Waals surface area contributed by atoms with E-state index in [1.807, 2.05) is 0 Å². The molecule has 0 spiro atoms. The molecule has 0 saturated heterocycles. The van der Waals surface area contributed by atoms with Gasteiger partial charge in [-0.3, -0.25) is 0 Å². The molecule has 0 radical (unpaired) electrons. The molecule has 1 aromatic heterocycles. The maximum absolute atomic E-state index is 5.92. The molecule has 0 nitrogen and oxygen atoms in total. The van der Waals surface area contributed by atoms with Crippen LogP contribution in [0.3, 0.4) is 0 Å². The first-order valence-electron chi connectivity index (χ1n) is 4.67. The van der Waals surface area contributed by atoms with Gasteiger partial charge in [-0.2, -0.15) is 0 Å². The highest BCUT2D eigenvalue weighted by atomic mass is 127. The molecule has 0 N–H and O–H groups in total. The standard InChI is InChI=1S/C10H14ClIS/c1-2-3-4-5-6-8-7-9(11)13-10(8)12/h7H,2-6H2,1H3. The van der Waals surface area contributed by atoms with Gasteiger partial charge in [0.2, 0.25) is 0 Å². The molecule has 0 bridgehead atoms. The van der Waals surface area contributed by atoms with Crippen LogP contribution in [0.2, 0.25) is 4.34 Å². The molecule has 0 unspecified atom stereocenters. The minimum Gasteiger partial charge on any atom is -0.117 e. The third kappa shape index (κ3) is 4.17. The summed E-state index contributed by atoms with van der Waals surface area (Å²) in [5, 5.41) is 0. The summed E-state index contributed by atoms with van der Waals surface area (Å²) in [6.07, 6.45) is 6.51. The molecular formula is C10H14ClIS. The first-order valence-corrected chi connectivity index (χ1v) is 6.95. The summed E-state index contributed by atoms with van der Waals surface area (Å²) in [6.45, 7) is 2.24. The van der Waals surface area contributed by atoms with Gasteiger partial charge in [0.15, 0.2) is 0 Å². The van der Waals surface area contributed by atoms with Crippen LogP contribution in [0.4, 0.5) is 0 Å². The topological polar surface area (TPSA) is 0 Å². The van der Waals surface area contributed by atoms with Gasteiger partial charge < -0.3 is 0 Å². The Bertz CT molecular complexity index is 257. The largest absolute Gasteiger partial charge is 0.117 e. The number of aryl methyl sites for hydroxylation is 1. The molecular weight excluding hydrogens is 315 g/mol. The van der Waals surface area contributed by atoms with E-state index in [2.05, 4.69) is 35.6 Å². The molecule has 13 heavy (non-hydrogen) atoms. The second-order valence-corrected chi connectivity index (χ2v) is 6.65. The van der Waals surface area contributed by atoms with E-state index in [1.165, 1.54) is 40.6 Å². The summed E-state index contributed by atoms with van der Waals surface area (Å²) in [6, 6.07) is 2.11. The molecule has 0 aromatic carbocycles. The van der Waals surface area contributed by atoms with Gasteiger partial charge in [0.05, 0.1) is 7.22 Å². The monoisotopic (exact) mass is 328 g/mol. The van der Waals surface area contributed by atoms with E-state index in [-0.39, 0.29) is 0 Å². The van der Waals surface area contributed by atoms with Gasteiger partial charge in [0.1, 0.15) is 0 Å². The second kappa shape index (κ2) is 6.25. The van der Waals surface area contributed by atoms with Crippen LogP contribution in [0.1, 0.15) is 38.2 Å². The van der Waals surface area contributed by atoms with Crippen LogP contribution in [-0.2, 0) is 6.42 Å². The van der Waals surface area contributed by atoms with Crippen molar-refractivity contribution in [2.45, 2.75) is 39.0 Å². The zero-order valence-corrected chi connectivity index (χ0v) is 11.5. The lowest BCUT2D eigenvalue weighted by atomic mass is 10.1. The molecule has 1 aromatic rings. The molecule has 74 valence electrons.